The fraction of sp³-hybridized carbons (Fsp3) is 1.00. The lowest BCUT2D eigenvalue weighted by Gasteiger charge is -2.14. The van der Waals surface area contributed by atoms with E-state index >= 15 is 0 Å². The van der Waals surface area contributed by atoms with Crippen LogP contribution in [0.25, 0.3) is 0 Å². The van der Waals surface area contributed by atoms with E-state index in [-0.39, 0.29) is 5.38 Å². The summed E-state index contributed by atoms with van der Waals surface area (Å²) in [7, 11) is -6.17. The van der Waals surface area contributed by atoms with E-state index in [4.69, 9.17) is 17.5 Å². The van der Waals surface area contributed by atoms with Gasteiger partial charge in [-0.05, 0) is 18.9 Å². The van der Waals surface area contributed by atoms with Crippen molar-refractivity contribution < 1.29 is 25.9 Å². The SMILES string of the molecule is CCCOCCC[SiH](O[SiH3])O[SiH2]CS(=O)(=O)O. The fourth-order valence-corrected chi connectivity index (χ4v) is 8.18. The zero-order chi connectivity index (χ0) is 13.1. The van der Waals surface area contributed by atoms with Crippen LogP contribution >= 0.6 is 0 Å². The highest BCUT2D eigenvalue weighted by molar-refractivity contribution is 7.87. The zero-order valence-corrected chi connectivity index (χ0v) is 15.8. The summed E-state index contributed by atoms with van der Waals surface area (Å²) >= 11 is 0. The van der Waals surface area contributed by atoms with Gasteiger partial charge < -0.3 is 13.0 Å². The van der Waals surface area contributed by atoms with Crippen molar-refractivity contribution in [2.24, 2.45) is 0 Å². The maximum atomic E-state index is 10.5. The first kappa shape index (κ1) is 17.4. The molecule has 10 heteroatoms. The Morgan fingerprint density at radius 3 is 2.65 bits per heavy atom. The van der Waals surface area contributed by atoms with Crippen LogP contribution in [0.5, 0.6) is 0 Å². The largest absolute Gasteiger partial charge is 0.447 e. The minimum absolute atomic E-state index is 0.228. The molecule has 0 aliphatic rings. The average Bonchev–Trinajstić information content (AvgIpc) is 2.25. The molecule has 0 rings (SSSR count). The molecule has 0 saturated carbocycles. The minimum atomic E-state index is -3.87. The summed E-state index contributed by atoms with van der Waals surface area (Å²) in [4.78, 5) is 0. The Hall–Kier alpha value is 0.441. The van der Waals surface area contributed by atoms with Gasteiger partial charge in [-0.1, -0.05) is 6.92 Å². The van der Waals surface area contributed by atoms with Crippen molar-refractivity contribution in [3.63, 3.8) is 0 Å². The van der Waals surface area contributed by atoms with Gasteiger partial charge in [-0.25, -0.2) is 0 Å². The first-order valence-corrected chi connectivity index (χ1v) is 11.4. The highest BCUT2D eigenvalue weighted by Gasteiger charge is 2.13. The highest BCUT2D eigenvalue weighted by atomic mass is 32.2. The molecular formula is C7H22O6SSi3. The minimum Gasteiger partial charge on any atom is -0.447 e. The van der Waals surface area contributed by atoms with Gasteiger partial charge in [-0.3, -0.25) is 4.55 Å². The lowest BCUT2D eigenvalue weighted by atomic mass is 10.5. The van der Waals surface area contributed by atoms with Crippen LogP contribution in [0.4, 0.5) is 0 Å². The fourth-order valence-electron chi connectivity index (χ4n) is 1.15. The normalized spacial score (nSPS) is 14.7. The van der Waals surface area contributed by atoms with Gasteiger partial charge in [0, 0.05) is 13.2 Å². The molecule has 104 valence electrons. The molecule has 0 amide bonds. The molecule has 1 unspecified atom stereocenters. The lowest BCUT2D eigenvalue weighted by Crippen LogP contribution is -2.27. The van der Waals surface area contributed by atoms with Gasteiger partial charge in [0.1, 0.15) is 10.5 Å². The second-order valence-corrected chi connectivity index (χ2v) is 11.4. The molecule has 0 aromatic heterocycles. The molecule has 0 saturated heterocycles. The number of rotatable bonds is 11. The van der Waals surface area contributed by atoms with Gasteiger partial charge in [-0.2, -0.15) is 8.42 Å². The standard InChI is InChI=1S/C7H22O6SSi3/c1-2-4-11-5-3-6-17(12-15)13-16-7-14(8,9)10/h17H,2-7,16H2,1,15H3,(H,8,9,10). The van der Waals surface area contributed by atoms with Crippen LogP contribution in [0.2, 0.25) is 6.04 Å². The van der Waals surface area contributed by atoms with E-state index in [1.165, 1.54) is 0 Å². The van der Waals surface area contributed by atoms with Gasteiger partial charge in [0.05, 0.1) is 5.38 Å². The lowest BCUT2D eigenvalue weighted by molar-refractivity contribution is 0.134. The summed E-state index contributed by atoms with van der Waals surface area (Å²) in [5, 5.41) is -0.228. The third-order valence-corrected chi connectivity index (χ3v) is 10.1. The van der Waals surface area contributed by atoms with E-state index < -0.39 is 29.2 Å². The van der Waals surface area contributed by atoms with E-state index in [1.807, 2.05) is 0 Å². The van der Waals surface area contributed by atoms with Crippen LogP contribution < -0.4 is 0 Å². The van der Waals surface area contributed by atoms with E-state index in [9.17, 15) is 8.42 Å². The molecule has 0 bridgehead atoms. The number of hydrogen-bond donors (Lipinski definition) is 1. The Morgan fingerprint density at radius 1 is 1.41 bits per heavy atom. The van der Waals surface area contributed by atoms with Gasteiger partial charge in [0.15, 0.2) is 9.76 Å². The number of hydrogen-bond acceptors (Lipinski definition) is 5. The summed E-state index contributed by atoms with van der Waals surface area (Å²) < 4.78 is 45.7. The summed E-state index contributed by atoms with van der Waals surface area (Å²) in [5.74, 6) is 0. The predicted molar refractivity (Wildman–Crippen MR) is 74.8 cm³/mol. The van der Waals surface area contributed by atoms with Crippen molar-refractivity contribution in [2.75, 3.05) is 18.6 Å². The van der Waals surface area contributed by atoms with E-state index in [0.717, 1.165) is 25.5 Å². The van der Waals surface area contributed by atoms with Crippen LogP contribution in [0.3, 0.4) is 0 Å². The Kier molecular flexibility index (Phi) is 10.6. The van der Waals surface area contributed by atoms with Gasteiger partial charge in [0.25, 0.3) is 19.4 Å². The molecule has 1 N–H and O–H groups in total. The first-order valence-electron chi connectivity index (χ1n) is 5.67. The van der Waals surface area contributed by atoms with Crippen LogP contribution in [0, 0.1) is 0 Å². The molecule has 6 nitrogen and oxygen atoms in total. The highest BCUT2D eigenvalue weighted by Crippen LogP contribution is 2.00. The van der Waals surface area contributed by atoms with Crippen molar-refractivity contribution in [3.8, 4) is 0 Å². The average molecular weight is 319 g/mol. The topological polar surface area (TPSA) is 82.1 Å². The summed E-state index contributed by atoms with van der Waals surface area (Å²) in [6, 6.07) is 0.839. The first-order chi connectivity index (χ1) is 7.99. The van der Waals surface area contributed by atoms with Crippen molar-refractivity contribution in [3.05, 3.63) is 0 Å². The van der Waals surface area contributed by atoms with Crippen molar-refractivity contribution >= 4 is 39.7 Å². The van der Waals surface area contributed by atoms with Crippen molar-refractivity contribution in [1.82, 2.24) is 0 Å². The molecule has 0 fully saturated rings. The molecule has 17 heavy (non-hydrogen) atoms. The van der Waals surface area contributed by atoms with Crippen LogP contribution in [0.15, 0.2) is 0 Å². The summed E-state index contributed by atoms with van der Waals surface area (Å²) in [6.45, 7) is 3.53. The molecule has 1 atom stereocenters. The van der Waals surface area contributed by atoms with E-state index in [0.29, 0.717) is 17.1 Å². The van der Waals surface area contributed by atoms with Crippen molar-refractivity contribution in [2.45, 2.75) is 25.8 Å². The molecule has 0 spiro atoms. The zero-order valence-electron chi connectivity index (χ0n) is 10.4. The molecule has 0 heterocycles. The maximum absolute atomic E-state index is 10.5. The van der Waals surface area contributed by atoms with E-state index in [2.05, 4.69) is 6.92 Å². The molecule has 0 radical (unpaired) electrons. The van der Waals surface area contributed by atoms with Crippen molar-refractivity contribution in [1.29, 1.82) is 0 Å². The molecule has 0 aromatic carbocycles. The van der Waals surface area contributed by atoms with Crippen LogP contribution in [-0.2, 0) is 23.1 Å². The van der Waals surface area contributed by atoms with Gasteiger partial charge in [0.2, 0.25) is 0 Å². The molecule has 0 aliphatic heterocycles. The van der Waals surface area contributed by atoms with Gasteiger partial charge >= 0.3 is 0 Å². The molecule has 0 aromatic rings. The van der Waals surface area contributed by atoms with Crippen LogP contribution in [0.1, 0.15) is 19.8 Å². The number of ether oxygens (including phenoxy) is 1. The quantitative estimate of drug-likeness (QED) is 0.277. The predicted octanol–water partition coefficient (Wildman–Crippen LogP) is -1.73. The third-order valence-electron chi connectivity index (χ3n) is 1.98. The monoisotopic (exact) mass is 318 g/mol. The maximum Gasteiger partial charge on any atom is 0.299 e. The Balaban J connectivity index is 3.56. The van der Waals surface area contributed by atoms with E-state index in [1.54, 1.807) is 0 Å². The Morgan fingerprint density at radius 2 is 2.12 bits per heavy atom. The smallest absolute Gasteiger partial charge is 0.299 e. The Bertz CT molecular complexity index is 273. The summed E-state index contributed by atoms with van der Waals surface area (Å²) in [6.07, 6.45) is 1.90. The second-order valence-electron chi connectivity index (χ2n) is 3.58. The summed E-state index contributed by atoms with van der Waals surface area (Å²) in [5.41, 5.74) is 0. The third kappa shape index (κ3) is 12.7. The Labute approximate surface area is 110 Å². The van der Waals surface area contributed by atoms with Gasteiger partial charge in [-0.15, -0.1) is 0 Å². The molecule has 0 aliphatic carbocycles. The molecular weight excluding hydrogens is 296 g/mol. The second kappa shape index (κ2) is 10.4. The van der Waals surface area contributed by atoms with Crippen LogP contribution in [-0.4, -0.2) is 61.1 Å².